The molecule has 0 saturated heterocycles. The van der Waals surface area contributed by atoms with Crippen molar-refractivity contribution < 1.29 is 13.3 Å². The number of fused-ring (bicyclic) bond motifs is 22. The van der Waals surface area contributed by atoms with E-state index in [1.54, 1.807) is 0 Å². The molecule has 0 aliphatic heterocycles. The van der Waals surface area contributed by atoms with Crippen LogP contribution in [0.4, 0.5) is 0 Å². The van der Waals surface area contributed by atoms with Gasteiger partial charge in [-0.2, -0.15) is 0 Å². The second-order valence-corrected chi connectivity index (χ2v) is 23.1. The van der Waals surface area contributed by atoms with Crippen molar-refractivity contribution in [3.05, 3.63) is 273 Å². The minimum atomic E-state index is 0.626. The molecular formula is C80H45N5O3. The van der Waals surface area contributed by atoms with E-state index in [0.29, 0.717) is 5.82 Å². The van der Waals surface area contributed by atoms with Crippen LogP contribution in [0, 0.1) is 0 Å². The monoisotopic (exact) mass is 1120 g/mol. The van der Waals surface area contributed by atoms with Crippen molar-refractivity contribution in [2.45, 2.75) is 0 Å². The molecule has 0 amide bonds. The average molecular weight is 1120 g/mol. The first kappa shape index (κ1) is 47.4. The molecule has 20 rings (SSSR count). The predicted molar refractivity (Wildman–Crippen MR) is 361 cm³/mol. The van der Waals surface area contributed by atoms with Crippen molar-refractivity contribution in [3.8, 4) is 50.8 Å². The molecular weight excluding hydrogens is 1080 g/mol. The molecule has 0 aliphatic carbocycles. The van der Waals surface area contributed by atoms with E-state index in [0.717, 1.165) is 166 Å². The summed E-state index contributed by atoms with van der Waals surface area (Å²) in [6, 6.07) is 97.1. The minimum absolute atomic E-state index is 0.626. The lowest BCUT2D eigenvalue weighted by molar-refractivity contribution is 0.669. The second-order valence-electron chi connectivity index (χ2n) is 23.1. The van der Waals surface area contributed by atoms with Crippen LogP contribution in [0.25, 0.3) is 193 Å². The van der Waals surface area contributed by atoms with Crippen molar-refractivity contribution in [3.63, 3.8) is 0 Å². The summed E-state index contributed by atoms with van der Waals surface area (Å²) in [7, 11) is 0. The maximum absolute atomic E-state index is 6.54. The Hall–Kier alpha value is -12.0. The van der Waals surface area contributed by atoms with Gasteiger partial charge in [0.1, 0.15) is 33.5 Å². The van der Waals surface area contributed by atoms with Crippen LogP contribution in [0.15, 0.2) is 286 Å². The van der Waals surface area contributed by atoms with Gasteiger partial charge < -0.3 is 27.0 Å². The molecule has 0 radical (unpaired) electrons. The van der Waals surface area contributed by atoms with Gasteiger partial charge in [-0.1, -0.05) is 152 Å². The number of hydrogen-bond donors (Lipinski definition) is 0. The lowest BCUT2D eigenvalue weighted by Crippen LogP contribution is -1.99. The molecule has 8 nitrogen and oxygen atoms in total. The molecule has 0 unspecified atom stereocenters. The van der Waals surface area contributed by atoms with Crippen molar-refractivity contribution in [1.29, 1.82) is 0 Å². The van der Waals surface area contributed by atoms with Crippen LogP contribution in [0.5, 0.6) is 0 Å². The Bertz CT molecular complexity index is 6380. The van der Waals surface area contributed by atoms with Gasteiger partial charge in [-0.3, -0.25) is 0 Å². The SMILES string of the molecule is c1cc(-c2nc(-c3cccc(-n4c5ccccc5c5ccc6oc7ccccc7c6c54)c3)c3cc(-c4ccc(-n5c6ccccc6c6ccc7oc8ccccc8c7c65)cc4)ccc3n2)cc(-n2c3ccccc3c3ccc4oc5ccccc5c4c32)c1. The topological polar surface area (TPSA) is 80.0 Å². The van der Waals surface area contributed by atoms with Gasteiger partial charge in [-0.15, -0.1) is 0 Å². The highest BCUT2D eigenvalue weighted by Gasteiger charge is 2.24. The zero-order valence-corrected chi connectivity index (χ0v) is 46.9. The van der Waals surface area contributed by atoms with Crippen LogP contribution < -0.4 is 0 Å². The lowest BCUT2D eigenvalue weighted by Gasteiger charge is -2.15. The Morgan fingerprint density at radius 1 is 0.239 bits per heavy atom. The number of benzene rings is 13. The molecule has 0 spiro atoms. The molecule has 0 bridgehead atoms. The van der Waals surface area contributed by atoms with Crippen LogP contribution in [-0.2, 0) is 0 Å². The summed E-state index contributed by atoms with van der Waals surface area (Å²) in [5, 5.41) is 14.6. The summed E-state index contributed by atoms with van der Waals surface area (Å²) >= 11 is 0. The third-order valence-electron chi connectivity index (χ3n) is 18.4. The number of aromatic nitrogens is 5. The van der Waals surface area contributed by atoms with Gasteiger partial charge in [0, 0.05) is 82.1 Å². The van der Waals surface area contributed by atoms with E-state index in [1.165, 1.54) is 21.5 Å². The number of rotatable bonds is 6. The highest BCUT2D eigenvalue weighted by atomic mass is 16.3. The molecule has 0 atom stereocenters. The van der Waals surface area contributed by atoms with Gasteiger partial charge in [0.25, 0.3) is 0 Å². The van der Waals surface area contributed by atoms with Gasteiger partial charge in [-0.25, -0.2) is 9.97 Å². The molecule has 0 aliphatic rings. The summed E-state index contributed by atoms with van der Waals surface area (Å²) in [4.78, 5) is 11.2. The second kappa shape index (κ2) is 17.8. The Kier molecular flexibility index (Phi) is 9.57. The van der Waals surface area contributed by atoms with Gasteiger partial charge >= 0.3 is 0 Å². The summed E-state index contributed by atoms with van der Waals surface area (Å²) in [5.41, 5.74) is 20.6. The quantitative estimate of drug-likeness (QED) is 0.166. The fourth-order valence-electron chi connectivity index (χ4n) is 14.6. The van der Waals surface area contributed by atoms with E-state index in [4.69, 9.17) is 23.2 Å². The number of furan rings is 3. The molecule has 13 aromatic carbocycles. The minimum Gasteiger partial charge on any atom is -0.456 e. The first-order chi connectivity index (χ1) is 43.6. The third-order valence-corrected chi connectivity index (χ3v) is 18.4. The van der Waals surface area contributed by atoms with Crippen molar-refractivity contribution in [1.82, 2.24) is 23.7 Å². The van der Waals surface area contributed by atoms with Gasteiger partial charge in [0.15, 0.2) is 5.82 Å². The molecule has 0 N–H and O–H groups in total. The van der Waals surface area contributed by atoms with Crippen LogP contribution in [0.3, 0.4) is 0 Å². The Morgan fingerprint density at radius 2 is 0.648 bits per heavy atom. The number of nitrogens with zero attached hydrogens (tertiary/aromatic N) is 5. The zero-order chi connectivity index (χ0) is 57.3. The van der Waals surface area contributed by atoms with Gasteiger partial charge in [-0.05, 0) is 132 Å². The largest absolute Gasteiger partial charge is 0.456 e. The van der Waals surface area contributed by atoms with Crippen LogP contribution >= 0.6 is 0 Å². The summed E-state index contributed by atoms with van der Waals surface area (Å²) in [6.07, 6.45) is 0. The normalized spacial score (nSPS) is 12.3. The molecule has 0 fully saturated rings. The Balaban J connectivity index is 0.789. The third kappa shape index (κ3) is 6.62. The van der Waals surface area contributed by atoms with Crippen LogP contribution in [-0.4, -0.2) is 23.7 Å². The van der Waals surface area contributed by atoms with Gasteiger partial charge in [0.05, 0.1) is 60.5 Å². The Labute approximate surface area is 500 Å². The molecule has 20 aromatic rings. The molecule has 8 heteroatoms. The highest BCUT2D eigenvalue weighted by Crippen LogP contribution is 2.46. The lowest BCUT2D eigenvalue weighted by atomic mass is 9.99. The summed E-state index contributed by atoms with van der Waals surface area (Å²) in [6.45, 7) is 0. The fourth-order valence-corrected chi connectivity index (χ4v) is 14.6. The van der Waals surface area contributed by atoms with E-state index in [-0.39, 0.29) is 0 Å². The van der Waals surface area contributed by atoms with Crippen molar-refractivity contribution in [2.75, 3.05) is 0 Å². The summed E-state index contributed by atoms with van der Waals surface area (Å²) < 4.78 is 26.7. The molecule has 0 saturated carbocycles. The highest BCUT2D eigenvalue weighted by molar-refractivity contribution is 6.27. The van der Waals surface area contributed by atoms with E-state index < -0.39 is 0 Å². The van der Waals surface area contributed by atoms with E-state index in [9.17, 15) is 0 Å². The maximum Gasteiger partial charge on any atom is 0.160 e. The molecule has 7 aromatic heterocycles. The first-order valence-electron chi connectivity index (χ1n) is 29.8. The number of para-hydroxylation sites is 6. The van der Waals surface area contributed by atoms with Crippen LogP contribution in [0.1, 0.15) is 0 Å². The molecule has 7 heterocycles. The van der Waals surface area contributed by atoms with Crippen LogP contribution in [0.2, 0.25) is 0 Å². The zero-order valence-electron chi connectivity index (χ0n) is 46.9. The average Bonchev–Trinajstić information content (AvgIpc) is 1.75. The predicted octanol–water partition coefficient (Wildman–Crippen LogP) is 21.6. The van der Waals surface area contributed by atoms with E-state index >= 15 is 0 Å². The molecule has 88 heavy (non-hydrogen) atoms. The van der Waals surface area contributed by atoms with Crippen molar-refractivity contribution >= 4 is 142 Å². The molecule has 408 valence electrons. The summed E-state index contributed by atoms with van der Waals surface area (Å²) in [5.74, 6) is 0.626. The standard InChI is InChI=1S/C80H45N5O3/c1-7-25-64-53(19-1)56-36-40-70-73(59-22-4-10-28-67(59)86-70)77(56)83(64)50-34-31-46(32-35-50)47-33-39-63-62(45-47)76(48-15-13-17-51(43-48)84-65-26-8-2-20-54(65)57-37-41-71-74(78(57)84)60-23-5-11-29-68(60)87-71)82-80(81-63)49-16-14-18-52(44-49)85-66-27-9-3-21-55(66)58-38-42-72-75(79(58)85)61-24-6-12-30-69(61)88-72/h1-45H. The maximum atomic E-state index is 6.54. The van der Waals surface area contributed by atoms with E-state index in [2.05, 4.69) is 268 Å². The smallest absolute Gasteiger partial charge is 0.160 e. The first-order valence-corrected chi connectivity index (χ1v) is 29.8. The number of hydrogen-bond acceptors (Lipinski definition) is 5. The fraction of sp³-hybridized carbons (Fsp3) is 0. The van der Waals surface area contributed by atoms with E-state index in [1.807, 2.05) is 18.2 Å². The van der Waals surface area contributed by atoms with Gasteiger partial charge in [0.2, 0.25) is 0 Å². The van der Waals surface area contributed by atoms with Crippen molar-refractivity contribution in [2.24, 2.45) is 0 Å². The Morgan fingerprint density at radius 3 is 1.14 bits per heavy atom.